The van der Waals surface area contributed by atoms with Crippen LogP contribution in [0.15, 0.2) is 59.8 Å². The second kappa shape index (κ2) is 6.72. The van der Waals surface area contributed by atoms with E-state index in [0.717, 1.165) is 36.7 Å². The number of aromatic amines is 1. The van der Waals surface area contributed by atoms with Crippen LogP contribution in [0.25, 0.3) is 11.3 Å². The van der Waals surface area contributed by atoms with Crippen molar-refractivity contribution in [3.8, 4) is 11.3 Å². The van der Waals surface area contributed by atoms with Crippen molar-refractivity contribution in [2.45, 2.75) is 12.5 Å². The third kappa shape index (κ3) is 3.50. The van der Waals surface area contributed by atoms with E-state index in [0.29, 0.717) is 5.82 Å². The van der Waals surface area contributed by atoms with Crippen LogP contribution < -0.4 is 15.8 Å². The first-order valence-corrected chi connectivity index (χ1v) is 8.22. The van der Waals surface area contributed by atoms with Gasteiger partial charge in [0.1, 0.15) is 5.82 Å². The van der Waals surface area contributed by atoms with Gasteiger partial charge in [0.25, 0.3) is 5.56 Å². The van der Waals surface area contributed by atoms with Crippen LogP contribution in [0.1, 0.15) is 6.42 Å². The summed E-state index contributed by atoms with van der Waals surface area (Å²) in [6, 6.07) is 13.7. The SMILES string of the molecule is O=c1cc(NC2CCN(c3nccc(-c4ccccc4)n3)C2)nc[nH]1. The normalized spacial score (nSPS) is 16.8. The van der Waals surface area contributed by atoms with E-state index in [1.165, 1.54) is 12.4 Å². The lowest BCUT2D eigenvalue weighted by Gasteiger charge is -2.17. The third-order valence-corrected chi connectivity index (χ3v) is 4.21. The van der Waals surface area contributed by atoms with E-state index in [2.05, 4.69) is 25.2 Å². The maximum absolute atomic E-state index is 11.4. The van der Waals surface area contributed by atoms with Gasteiger partial charge in [-0.1, -0.05) is 30.3 Å². The predicted octanol–water partition coefficient (Wildman–Crippen LogP) is 1.92. The number of rotatable bonds is 4. The van der Waals surface area contributed by atoms with Crippen molar-refractivity contribution in [3.63, 3.8) is 0 Å². The van der Waals surface area contributed by atoms with Crippen LogP contribution in [0.5, 0.6) is 0 Å². The van der Waals surface area contributed by atoms with Crippen LogP contribution in [0, 0.1) is 0 Å². The van der Waals surface area contributed by atoms with Crippen LogP contribution in [0.3, 0.4) is 0 Å². The van der Waals surface area contributed by atoms with Crippen molar-refractivity contribution in [1.29, 1.82) is 0 Å². The number of nitrogens with zero attached hydrogens (tertiary/aromatic N) is 4. The highest BCUT2D eigenvalue weighted by Crippen LogP contribution is 2.22. The molecule has 126 valence electrons. The van der Waals surface area contributed by atoms with Crippen molar-refractivity contribution < 1.29 is 0 Å². The fourth-order valence-electron chi connectivity index (χ4n) is 2.99. The zero-order valence-corrected chi connectivity index (χ0v) is 13.6. The molecule has 3 aromatic rings. The van der Waals surface area contributed by atoms with E-state index in [-0.39, 0.29) is 11.6 Å². The number of anilines is 2. The monoisotopic (exact) mass is 334 g/mol. The summed E-state index contributed by atoms with van der Waals surface area (Å²) in [7, 11) is 0. The van der Waals surface area contributed by atoms with E-state index in [1.807, 2.05) is 36.4 Å². The summed E-state index contributed by atoms with van der Waals surface area (Å²) >= 11 is 0. The predicted molar refractivity (Wildman–Crippen MR) is 96.6 cm³/mol. The van der Waals surface area contributed by atoms with Gasteiger partial charge in [0.05, 0.1) is 12.0 Å². The van der Waals surface area contributed by atoms with Crippen LogP contribution in [-0.4, -0.2) is 39.1 Å². The molecular weight excluding hydrogens is 316 g/mol. The van der Waals surface area contributed by atoms with Crippen molar-refractivity contribution in [2.75, 3.05) is 23.3 Å². The van der Waals surface area contributed by atoms with Crippen molar-refractivity contribution in [1.82, 2.24) is 19.9 Å². The van der Waals surface area contributed by atoms with Crippen LogP contribution >= 0.6 is 0 Å². The number of benzene rings is 1. The van der Waals surface area contributed by atoms with Gasteiger partial charge in [-0.2, -0.15) is 0 Å². The lowest BCUT2D eigenvalue weighted by molar-refractivity contribution is 0.796. The Kier molecular flexibility index (Phi) is 4.12. The average molecular weight is 334 g/mol. The Balaban J connectivity index is 1.48. The highest BCUT2D eigenvalue weighted by molar-refractivity contribution is 5.60. The molecule has 0 radical (unpaired) electrons. The minimum absolute atomic E-state index is 0.161. The van der Waals surface area contributed by atoms with Crippen molar-refractivity contribution in [2.24, 2.45) is 0 Å². The van der Waals surface area contributed by atoms with E-state index in [4.69, 9.17) is 4.98 Å². The van der Waals surface area contributed by atoms with Gasteiger partial charge in [0, 0.05) is 37.0 Å². The summed E-state index contributed by atoms with van der Waals surface area (Å²) in [5, 5.41) is 3.30. The molecule has 25 heavy (non-hydrogen) atoms. The first kappa shape index (κ1) is 15.3. The number of hydrogen-bond donors (Lipinski definition) is 2. The van der Waals surface area contributed by atoms with Crippen molar-refractivity contribution in [3.05, 3.63) is 65.3 Å². The Bertz CT molecular complexity index is 910. The number of hydrogen-bond acceptors (Lipinski definition) is 6. The molecule has 0 bridgehead atoms. The van der Waals surface area contributed by atoms with E-state index in [9.17, 15) is 4.79 Å². The molecular formula is C18H18N6O. The summed E-state index contributed by atoms with van der Waals surface area (Å²) in [5.41, 5.74) is 1.83. The second-order valence-electron chi connectivity index (χ2n) is 5.98. The summed E-state index contributed by atoms with van der Waals surface area (Å²) in [4.78, 5) is 29.3. The molecule has 2 N–H and O–H groups in total. The Morgan fingerprint density at radius 2 is 2.04 bits per heavy atom. The van der Waals surface area contributed by atoms with Gasteiger partial charge >= 0.3 is 0 Å². The number of nitrogens with one attached hydrogen (secondary N) is 2. The van der Waals surface area contributed by atoms with Gasteiger partial charge in [-0.3, -0.25) is 4.79 Å². The quantitative estimate of drug-likeness (QED) is 0.758. The zero-order chi connectivity index (χ0) is 17.1. The molecule has 0 aliphatic carbocycles. The molecule has 1 atom stereocenters. The van der Waals surface area contributed by atoms with E-state index < -0.39 is 0 Å². The van der Waals surface area contributed by atoms with Crippen LogP contribution in [0.4, 0.5) is 11.8 Å². The Hall–Kier alpha value is -3.22. The second-order valence-corrected chi connectivity index (χ2v) is 5.98. The molecule has 1 aliphatic heterocycles. The van der Waals surface area contributed by atoms with Crippen LogP contribution in [0.2, 0.25) is 0 Å². The molecule has 3 heterocycles. The molecule has 1 saturated heterocycles. The van der Waals surface area contributed by atoms with Gasteiger partial charge in [-0.05, 0) is 12.5 Å². The molecule has 1 fully saturated rings. The maximum atomic E-state index is 11.4. The Labute approximate surface area is 144 Å². The molecule has 7 nitrogen and oxygen atoms in total. The fourth-order valence-corrected chi connectivity index (χ4v) is 2.99. The zero-order valence-electron chi connectivity index (χ0n) is 13.6. The molecule has 1 aromatic carbocycles. The van der Waals surface area contributed by atoms with E-state index in [1.54, 1.807) is 6.20 Å². The minimum Gasteiger partial charge on any atom is -0.365 e. The van der Waals surface area contributed by atoms with Gasteiger partial charge in [-0.25, -0.2) is 15.0 Å². The number of H-pyrrole nitrogens is 1. The Morgan fingerprint density at radius 1 is 1.16 bits per heavy atom. The maximum Gasteiger partial charge on any atom is 0.252 e. The van der Waals surface area contributed by atoms with Crippen LogP contribution in [-0.2, 0) is 0 Å². The molecule has 2 aromatic heterocycles. The highest BCUT2D eigenvalue weighted by atomic mass is 16.1. The smallest absolute Gasteiger partial charge is 0.252 e. The lowest BCUT2D eigenvalue weighted by atomic mass is 10.1. The standard InChI is InChI=1S/C18H18N6O/c25-17-10-16(20-12-21-17)22-14-7-9-24(11-14)18-19-8-6-15(23-18)13-4-2-1-3-5-13/h1-6,8,10,12,14H,7,9,11H2,(H2,20,21,22,25). The van der Waals surface area contributed by atoms with Gasteiger partial charge in [0.2, 0.25) is 5.95 Å². The van der Waals surface area contributed by atoms with E-state index >= 15 is 0 Å². The lowest BCUT2D eigenvalue weighted by Crippen LogP contribution is -2.28. The fraction of sp³-hybridized carbons (Fsp3) is 0.222. The summed E-state index contributed by atoms with van der Waals surface area (Å²) < 4.78 is 0. The molecule has 0 amide bonds. The Morgan fingerprint density at radius 3 is 2.88 bits per heavy atom. The molecule has 1 unspecified atom stereocenters. The molecule has 7 heteroatoms. The summed E-state index contributed by atoms with van der Waals surface area (Å²) in [5.74, 6) is 1.32. The summed E-state index contributed by atoms with van der Waals surface area (Å²) in [6.45, 7) is 1.63. The largest absolute Gasteiger partial charge is 0.365 e. The number of aromatic nitrogens is 4. The topological polar surface area (TPSA) is 86.8 Å². The van der Waals surface area contributed by atoms with Gasteiger partial charge in [-0.15, -0.1) is 0 Å². The first-order chi connectivity index (χ1) is 12.3. The first-order valence-electron chi connectivity index (χ1n) is 8.22. The van der Waals surface area contributed by atoms with Gasteiger partial charge in [0.15, 0.2) is 0 Å². The molecule has 0 saturated carbocycles. The highest BCUT2D eigenvalue weighted by Gasteiger charge is 2.24. The van der Waals surface area contributed by atoms with Gasteiger partial charge < -0.3 is 15.2 Å². The van der Waals surface area contributed by atoms with Crippen molar-refractivity contribution >= 4 is 11.8 Å². The third-order valence-electron chi connectivity index (χ3n) is 4.21. The molecule has 4 rings (SSSR count). The molecule has 1 aliphatic rings. The average Bonchev–Trinajstić information content (AvgIpc) is 3.11. The molecule has 0 spiro atoms. The summed E-state index contributed by atoms with van der Waals surface area (Å²) in [6.07, 6.45) is 4.14. The minimum atomic E-state index is -0.161.